The maximum absolute atomic E-state index is 11.8. The van der Waals surface area contributed by atoms with Crippen molar-refractivity contribution in [2.45, 2.75) is 18.8 Å². The topological polar surface area (TPSA) is 79.2 Å². The molecule has 0 radical (unpaired) electrons. The smallest absolute Gasteiger partial charge is 0.352 e. The Labute approximate surface area is 115 Å². The summed E-state index contributed by atoms with van der Waals surface area (Å²) in [4.78, 5) is 22.8. The molecule has 0 aromatic heterocycles. The Hall–Kier alpha value is -2.37. The standard InChI is InChI=1S/C14H14N2O4/c17-13-6-5-11(14(18)19)15-16(13)7-9-8-20-12-4-2-1-3-10(9)12/h1-4,9H,5-8H2,(H,18,19). The lowest BCUT2D eigenvalue weighted by Crippen LogP contribution is -2.37. The van der Waals surface area contributed by atoms with Crippen molar-refractivity contribution in [1.82, 2.24) is 5.01 Å². The second-order valence-corrected chi connectivity index (χ2v) is 4.87. The van der Waals surface area contributed by atoms with Gasteiger partial charge < -0.3 is 9.84 Å². The molecule has 0 bridgehead atoms. The van der Waals surface area contributed by atoms with Crippen LogP contribution in [0.1, 0.15) is 24.3 Å². The zero-order valence-electron chi connectivity index (χ0n) is 10.8. The molecule has 2 heterocycles. The van der Waals surface area contributed by atoms with Crippen LogP contribution in [-0.2, 0) is 9.59 Å². The van der Waals surface area contributed by atoms with E-state index in [-0.39, 0.29) is 30.4 Å². The van der Waals surface area contributed by atoms with Gasteiger partial charge in [-0.05, 0) is 6.07 Å². The zero-order chi connectivity index (χ0) is 14.1. The normalized spacial score (nSPS) is 21.2. The van der Waals surface area contributed by atoms with Crippen molar-refractivity contribution in [1.29, 1.82) is 0 Å². The number of amides is 1. The highest BCUT2D eigenvalue weighted by Gasteiger charge is 2.30. The maximum Gasteiger partial charge on any atom is 0.352 e. The number of benzene rings is 1. The second kappa shape index (κ2) is 4.96. The first kappa shape index (κ1) is 12.7. The van der Waals surface area contributed by atoms with E-state index in [0.29, 0.717) is 13.2 Å². The Bertz CT molecular complexity index is 597. The van der Waals surface area contributed by atoms with Gasteiger partial charge in [0.2, 0.25) is 5.91 Å². The molecule has 6 heteroatoms. The highest BCUT2D eigenvalue weighted by atomic mass is 16.5. The molecule has 1 aromatic rings. The summed E-state index contributed by atoms with van der Waals surface area (Å²) in [5.41, 5.74) is 1.08. The number of carbonyl (C=O) groups excluding carboxylic acids is 1. The molecule has 1 aromatic carbocycles. The summed E-state index contributed by atoms with van der Waals surface area (Å²) in [6.45, 7) is 0.841. The molecule has 0 saturated carbocycles. The van der Waals surface area contributed by atoms with E-state index >= 15 is 0 Å². The van der Waals surface area contributed by atoms with Crippen molar-refractivity contribution in [2.24, 2.45) is 5.10 Å². The van der Waals surface area contributed by atoms with Crippen LogP contribution in [0.25, 0.3) is 0 Å². The molecule has 1 atom stereocenters. The number of carbonyl (C=O) groups is 2. The molecule has 1 amide bonds. The Kier molecular flexibility index (Phi) is 3.14. The van der Waals surface area contributed by atoms with E-state index in [1.54, 1.807) is 0 Å². The monoisotopic (exact) mass is 274 g/mol. The number of rotatable bonds is 3. The van der Waals surface area contributed by atoms with E-state index in [0.717, 1.165) is 11.3 Å². The van der Waals surface area contributed by atoms with Crippen LogP contribution >= 0.6 is 0 Å². The van der Waals surface area contributed by atoms with Crippen LogP contribution < -0.4 is 4.74 Å². The fourth-order valence-electron chi connectivity index (χ4n) is 2.49. The van der Waals surface area contributed by atoms with Gasteiger partial charge >= 0.3 is 5.97 Å². The van der Waals surface area contributed by atoms with Crippen LogP contribution in [0.2, 0.25) is 0 Å². The number of aliphatic carboxylic acids is 1. The van der Waals surface area contributed by atoms with Gasteiger partial charge in [0.15, 0.2) is 0 Å². The van der Waals surface area contributed by atoms with Crippen LogP contribution in [0.4, 0.5) is 0 Å². The van der Waals surface area contributed by atoms with E-state index in [1.165, 1.54) is 5.01 Å². The number of ether oxygens (including phenoxy) is 1. The van der Waals surface area contributed by atoms with E-state index in [2.05, 4.69) is 5.10 Å². The minimum Gasteiger partial charge on any atom is -0.493 e. The van der Waals surface area contributed by atoms with Gasteiger partial charge in [-0.3, -0.25) is 4.79 Å². The quantitative estimate of drug-likeness (QED) is 0.899. The molecule has 0 aliphatic carbocycles. The lowest BCUT2D eigenvalue weighted by Gasteiger charge is -2.24. The summed E-state index contributed by atoms with van der Waals surface area (Å²) in [5.74, 6) is -0.346. The first-order valence-electron chi connectivity index (χ1n) is 6.48. The summed E-state index contributed by atoms with van der Waals surface area (Å²) in [6.07, 6.45) is 0.392. The Morgan fingerprint density at radius 2 is 2.20 bits per heavy atom. The number of fused-ring (bicyclic) bond motifs is 1. The molecule has 1 unspecified atom stereocenters. The highest BCUT2D eigenvalue weighted by molar-refractivity contribution is 6.36. The van der Waals surface area contributed by atoms with Gasteiger partial charge in [-0.2, -0.15) is 5.10 Å². The maximum atomic E-state index is 11.8. The highest BCUT2D eigenvalue weighted by Crippen LogP contribution is 2.34. The van der Waals surface area contributed by atoms with Crippen molar-refractivity contribution in [2.75, 3.05) is 13.2 Å². The molecule has 2 aliphatic rings. The van der Waals surface area contributed by atoms with Gasteiger partial charge in [0, 0.05) is 24.3 Å². The Morgan fingerprint density at radius 1 is 1.40 bits per heavy atom. The number of carboxylic acid groups (broad SMARTS) is 1. The molecule has 3 rings (SSSR count). The van der Waals surface area contributed by atoms with Crippen molar-refractivity contribution >= 4 is 17.6 Å². The third-order valence-electron chi connectivity index (χ3n) is 3.54. The molecule has 2 aliphatic heterocycles. The summed E-state index contributed by atoms with van der Waals surface area (Å²) < 4.78 is 5.56. The molecular weight excluding hydrogens is 260 g/mol. The van der Waals surface area contributed by atoms with Crippen molar-refractivity contribution in [3.8, 4) is 5.75 Å². The largest absolute Gasteiger partial charge is 0.493 e. The van der Waals surface area contributed by atoms with E-state index < -0.39 is 5.97 Å². The summed E-state index contributed by atoms with van der Waals surface area (Å²) >= 11 is 0. The van der Waals surface area contributed by atoms with Crippen LogP contribution in [0.3, 0.4) is 0 Å². The second-order valence-electron chi connectivity index (χ2n) is 4.87. The Balaban J connectivity index is 1.79. The van der Waals surface area contributed by atoms with Gasteiger partial charge in [0.1, 0.15) is 11.5 Å². The van der Waals surface area contributed by atoms with Gasteiger partial charge in [-0.15, -0.1) is 0 Å². The first-order valence-corrected chi connectivity index (χ1v) is 6.48. The molecule has 20 heavy (non-hydrogen) atoms. The molecule has 0 saturated heterocycles. The predicted octanol–water partition coefficient (Wildman–Crippen LogP) is 1.23. The number of hydrogen-bond donors (Lipinski definition) is 1. The van der Waals surface area contributed by atoms with Gasteiger partial charge in [-0.1, -0.05) is 18.2 Å². The predicted molar refractivity (Wildman–Crippen MR) is 70.7 cm³/mol. The SMILES string of the molecule is O=C(O)C1=NN(CC2COc3ccccc32)C(=O)CC1. The van der Waals surface area contributed by atoms with Gasteiger partial charge in [0.25, 0.3) is 0 Å². The van der Waals surface area contributed by atoms with Crippen molar-refractivity contribution in [3.05, 3.63) is 29.8 Å². The molecule has 104 valence electrons. The average molecular weight is 274 g/mol. The van der Waals surface area contributed by atoms with Crippen LogP contribution in [0.5, 0.6) is 5.75 Å². The van der Waals surface area contributed by atoms with E-state index in [4.69, 9.17) is 9.84 Å². The first-order chi connectivity index (χ1) is 9.65. The van der Waals surface area contributed by atoms with Gasteiger partial charge in [0.05, 0.1) is 13.2 Å². The fraction of sp³-hybridized carbons (Fsp3) is 0.357. The third-order valence-corrected chi connectivity index (χ3v) is 3.54. The fourth-order valence-corrected chi connectivity index (χ4v) is 2.49. The van der Waals surface area contributed by atoms with Crippen molar-refractivity contribution in [3.63, 3.8) is 0 Å². The van der Waals surface area contributed by atoms with Crippen LogP contribution in [-0.4, -0.2) is 40.9 Å². The number of carboxylic acids is 1. The van der Waals surface area contributed by atoms with E-state index in [1.807, 2.05) is 24.3 Å². The molecule has 1 N–H and O–H groups in total. The molecule has 6 nitrogen and oxygen atoms in total. The third kappa shape index (κ3) is 2.24. The number of para-hydroxylation sites is 1. The van der Waals surface area contributed by atoms with E-state index in [9.17, 15) is 9.59 Å². The summed E-state index contributed by atoms with van der Waals surface area (Å²) in [5, 5.41) is 14.2. The lowest BCUT2D eigenvalue weighted by atomic mass is 10.0. The lowest BCUT2D eigenvalue weighted by molar-refractivity contribution is -0.133. The van der Waals surface area contributed by atoms with Gasteiger partial charge in [-0.25, -0.2) is 9.80 Å². The van der Waals surface area contributed by atoms with Crippen molar-refractivity contribution < 1.29 is 19.4 Å². The Morgan fingerprint density at radius 3 is 3.00 bits per heavy atom. The number of hydrogen-bond acceptors (Lipinski definition) is 4. The summed E-state index contributed by atoms with van der Waals surface area (Å²) in [7, 11) is 0. The molecule has 0 fully saturated rings. The molecular formula is C14H14N2O4. The zero-order valence-corrected chi connectivity index (χ0v) is 10.8. The van der Waals surface area contributed by atoms with Crippen LogP contribution in [0, 0.1) is 0 Å². The minimum atomic E-state index is -1.06. The van der Waals surface area contributed by atoms with Crippen LogP contribution in [0.15, 0.2) is 29.4 Å². The number of nitrogens with zero attached hydrogens (tertiary/aromatic N) is 2. The molecule has 0 spiro atoms. The average Bonchev–Trinajstić information content (AvgIpc) is 2.84. The number of hydrazone groups is 1. The summed E-state index contributed by atoms with van der Waals surface area (Å²) in [6, 6.07) is 7.67. The minimum absolute atomic E-state index is 0.0343.